The normalized spacial score (nSPS) is 11.1. The maximum absolute atomic E-state index is 5.70. The van der Waals surface area contributed by atoms with Crippen molar-refractivity contribution in [3.8, 4) is 0 Å². The van der Waals surface area contributed by atoms with Gasteiger partial charge in [0.15, 0.2) is 0 Å². The number of aromatic nitrogens is 2. The lowest BCUT2D eigenvalue weighted by molar-refractivity contribution is 0.316. The zero-order valence-corrected chi connectivity index (χ0v) is 9.32. The highest BCUT2D eigenvalue weighted by Gasteiger charge is 2.04. The molecule has 2 N–H and O–H groups in total. The number of rotatable bonds is 5. The van der Waals surface area contributed by atoms with Gasteiger partial charge in [0.25, 0.3) is 0 Å². The fourth-order valence-electron chi connectivity index (χ4n) is 1.40. The van der Waals surface area contributed by atoms with E-state index in [1.54, 1.807) is 4.68 Å². The summed E-state index contributed by atoms with van der Waals surface area (Å²) in [6, 6.07) is 1.93. The van der Waals surface area contributed by atoms with E-state index in [1.165, 1.54) is 12.8 Å². The molecular weight excluding hydrogens is 176 g/mol. The summed E-state index contributed by atoms with van der Waals surface area (Å²) in [5, 5.41) is 4.31. The van der Waals surface area contributed by atoms with Crippen molar-refractivity contribution in [2.75, 3.05) is 19.3 Å². The van der Waals surface area contributed by atoms with Crippen molar-refractivity contribution in [2.45, 2.75) is 26.3 Å². The van der Waals surface area contributed by atoms with Crippen molar-refractivity contribution in [2.24, 2.45) is 7.05 Å². The van der Waals surface area contributed by atoms with Crippen LogP contribution in [0, 0.1) is 0 Å². The molecule has 0 spiro atoms. The molecule has 0 aliphatic rings. The zero-order valence-electron chi connectivity index (χ0n) is 9.32. The van der Waals surface area contributed by atoms with Crippen LogP contribution in [0.3, 0.4) is 0 Å². The molecule has 0 aromatic carbocycles. The second-order valence-electron chi connectivity index (χ2n) is 3.78. The predicted octanol–water partition coefficient (Wildman–Crippen LogP) is 1.23. The van der Waals surface area contributed by atoms with Crippen LogP contribution in [0.2, 0.25) is 0 Å². The number of hydrogen-bond donors (Lipinski definition) is 1. The van der Waals surface area contributed by atoms with Crippen LogP contribution in [0.15, 0.2) is 6.07 Å². The molecule has 80 valence electrons. The Morgan fingerprint density at radius 1 is 1.57 bits per heavy atom. The van der Waals surface area contributed by atoms with Gasteiger partial charge in [0, 0.05) is 19.7 Å². The third kappa shape index (κ3) is 3.03. The highest BCUT2D eigenvalue weighted by molar-refractivity contribution is 5.30. The number of nitrogens with zero attached hydrogens (tertiary/aromatic N) is 3. The summed E-state index contributed by atoms with van der Waals surface area (Å²) in [6.07, 6.45) is 2.47. The van der Waals surface area contributed by atoms with E-state index in [-0.39, 0.29) is 0 Å². The van der Waals surface area contributed by atoms with E-state index < -0.39 is 0 Å². The molecule has 0 aliphatic carbocycles. The molecule has 14 heavy (non-hydrogen) atoms. The molecule has 1 heterocycles. The Hall–Kier alpha value is -1.03. The molecule has 0 saturated carbocycles. The Balaban J connectivity index is 2.43. The second kappa shape index (κ2) is 5.00. The van der Waals surface area contributed by atoms with Crippen LogP contribution < -0.4 is 5.73 Å². The van der Waals surface area contributed by atoms with Crippen molar-refractivity contribution in [1.82, 2.24) is 14.7 Å². The van der Waals surface area contributed by atoms with Crippen molar-refractivity contribution < 1.29 is 0 Å². The van der Waals surface area contributed by atoms with E-state index >= 15 is 0 Å². The standard InChI is InChI=1S/C10H20N4/c1-4-5-6-13(2)8-9-7-10(11)14(3)12-9/h7H,4-6,8,11H2,1-3H3. The molecule has 0 unspecified atom stereocenters. The van der Waals surface area contributed by atoms with Crippen LogP contribution in [0.1, 0.15) is 25.5 Å². The Kier molecular flexibility index (Phi) is 3.95. The fraction of sp³-hybridized carbons (Fsp3) is 0.700. The predicted molar refractivity (Wildman–Crippen MR) is 58.9 cm³/mol. The van der Waals surface area contributed by atoms with Gasteiger partial charge in [-0.15, -0.1) is 0 Å². The third-order valence-electron chi connectivity index (χ3n) is 2.29. The van der Waals surface area contributed by atoms with Crippen molar-refractivity contribution in [3.63, 3.8) is 0 Å². The Labute approximate surface area is 85.7 Å². The quantitative estimate of drug-likeness (QED) is 0.770. The summed E-state index contributed by atoms with van der Waals surface area (Å²) < 4.78 is 1.71. The first kappa shape index (κ1) is 11.0. The average Bonchev–Trinajstić information content (AvgIpc) is 2.42. The van der Waals surface area contributed by atoms with E-state index in [1.807, 2.05) is 13.1 Å². The smallest absolute Gasteiger partial charge is 0.121 e. The highest BCUT2D eigenvalue weighted by atomic mass is 15.3. The molecule has 0 aliphatic heterocycles. The second-order valence-corrected chi connectivity index (χ2v) is 3.78. The first-order valence-corrected chi connectivity index (χ1v) is 5.10. The summed E-state index contributed by atoms with van der Waals surface area (Å²) in [5.41, 5.74) is 6.74. The molecule has 4 heteroatoms. The van der Waals surface area contributed by atoms with E-state index in [0.29, 0.717) is 0 Å². The van der Waals surface area contributed by atoms with Gasteiger partial charge < -0.3 is 10.6 Å². The zero-order chi connectivity index (χ0) is 10.6. The summed E-state index contributed by atoms with van der Waals surface area (Å²) in [5.74, 6) is 0.726. The minimum atomic E-state index is 0.726. The molecule has 0 amide bonds. The van der Waals surface area contributed by atoms with Crippen LogP contribution in [0.4, 0.5) is 5.82 Å². The Morgan fingerprint density at radius 3 is 2.79 bits per heavy atom. The van der Waals surface area contributed by atoms with Crippen molar-refractivity contribution >= 4 is 5.82 Å². The lowest BCUT2D eigenvalue weighted by Crippen LogP contribution is -2.19. The number of nitrogen functional groups attached to an aromatic ring is 1. The summed E-state index contributed by atoms with van der Waals surface area (Å²) >= 11 is 0. The maximum Gasteiger partial charge on any atom is 0.121 e. The Bertz CT molecular complexity index is 260. The molecule has 1 aromatic rings. The van der Waals surface area contributed by atoms with Gasteiger partial charge >= 0.3 is 0 Å². The highest BCUT2D eigenvalue weighted by Crippen LogP contribution is 2.06. The number of nitrogens with two attached hydrogens (primary N) is 1. The number of unbranched alkanes of at least 4 members (excludes halogenated alkanes) is 1. The van der Waals surface area contributed by atoms with E-state index in [4.69, 9.17) is 5.73 Å². The summed E-state index contributed by atoms with van der Waals surface area (Å²) in [7, 11) is 3.98. The third-order valence-corrected chi connectivity index (χ3v) is 2.29. The number of hydrogen-bond acceptors (Lipinski definition) is 3. The summed E-state index contributed by atoms with van der Waals surface area (Å²) in [4.78, 5) is 2.27. The lowest BCUT2D eigenvalue weighted by Gasteiger charge is -2.13. The van der Waals surface area contributed by atoms with Crippen LogP contribution in [-0.2, 0) is 13.6 Å². The SMILES string of the molecule is CCCCN(C)Cc1cc(N)n(C)n1. The minimum Gasteiger partial charge on any atom is -0.384 e. The van der Waals surface area contributed by atoms with Gasteiger partial charge in [0.1, 0.15) is 5.82 Å². The molecule has 0 saturated heterocycles. The van der Waals surface area contributed by atoms with Crippen LogP contribution in [0.5, 0.6) is 0 Å². The van der Waals surface area contributed by atoms with E-state index in [2.05, 4.69) is 24.0 Å². The van der Waals surface area contributed by atoms with Crippen LogP contribution in [0.25, 0.3) is 0 Å². The average molecular weight is 196 g/mol. The van der Waals surface area contributed by atoms with Gasteiger partial charge in [-0.3, -0.25) is 4.68 Å². The van der Waals surface area contributed by atoms with Gasteiger partial charge in [-0.2, -0.15) is 5.10 Å². The van der Waals surface area contributed by atoms with Crippen LogP contribution >= 0.6 is 0 Å². The first-order chi connectivity index (χ1) is 6.63. The lowest BCUT2D eigenvalue weighted by atomic mass is 10.3. The molecule has 4 nitrogen and oxygen atoms in total. The molecule has 0 bridgehead atoms. The summed E-state index contributed by atoms with van der Waals surface area (Å²) in [6.45, 7) is 4.20. The van der Waals surface area contributed by atoms with Gasteiger partial charge in [-0.25, -0.2) is 0 Å². The van der Waals surface area contributed by atoms with E-state index in [0.717, 1.165) is 24.6 Å². The topological polar surface area (TPSA) is 47.1 Å². The monoisotopic (exact) mass is 196 g/mol. The molecule has 0 radical (unpaired) electrons. The molecule has 0 atom stereocenters. The Morgan fingerprint density at radius 2 is 2.29 bits per heavy atom. The van der Waals surface area contributed by atoms with Gasteiger partial charge in [-0.1, -0.05) is 13.3 Å². The van der Waals surface area contributed by atoms with Crippen molar-refractivity contribution in [1.29, 1.82) is 0 Å². The molecule has 1 aromatic heterocycles. The maximum atomic E-state index is 5.70. The minimum absolute atomic E-state index is 0.726. The van der Waals surface area contributed by atoms with Crippen molar-refractivity contribution in [3.05, 3.63) is 11.8 Å². The molecular formula is C10H20N4. The van der Waals surface area contributed by atoms with Gasteiger partial charge in [0.2, 0.25) is 0 Å². The molecule has 0 fully saturated rings. The largest absolute Gasteiger partial charge is 0.384 e. The molecule has 1 rings (SSSR count). The number of anilines is 1. The van der Waals surface area contributed by atoms with E-state index in [9.17, 15) is 0 Å². The first-order valence-electron chi connectivity index (χ1n) is 5.10. The van der Waals surface area contributed by atoms with Gasteiger partial charge in [0.05, 0.1) is 5.69 Å². The fourth-order valence-corrected chi connectivity index (χ4v) is 1.40. The van der Waals surface area contributed by atoms with Gasteiger partial charge in [-0.05, 0) is 20.0 Å². The van der Waals surface area contributed by atoms with Crippen LogP contribution in [-0.4, -0.2) is 28.3 Å². The number of aryl methyl sites for hydroxylation is 1.